The number of rotatable bonds is 9. The summed E-state index contributed by atoms with van der Waals surface area (Å²) >= 11 is 6.36. The summed E-state index contributed by atoms with van der Waals surface area (Å²) in [6, 6.07) is 3.69. The molecule has 1 atom stereocenters. The van der Waals surface area contributed by atoms with Crippen LogP contribution in [-0.2, 0) is 4.74 Å². The first kappa shape index (κ1) is 20.0. The lowest BCUT2D eigenvalue weighted by molar-refractivity contribution is 0.0522. The molecule has 6 nitrogen and oxygen atoms in total. The summed E-state index contributed by atoms with van der Waals surface area (Å²) in [4.78, 5) is 9.48. The zero-order valence-electron chi connectivity index (χ0n) is 14.7. The first-order valence-corrected chi connectivity index (χ1v) is 9.09. The number of unbranched alkanes of at least 4 members (excludes halogenated alkanes) is 3. The smallest absolute Gasteiger partial charge is 0.211 e. The fraction of sp³-hybridized carbons (Fsp3) is 0.421. The second kappa shape index (κ2) is 10.6. The van der Waals surface area contributed by atoms with E-state index in [9.17, 15) is 0 Å². The molecule has 0 saturated carbocycles. The molecule has 1 aliphatic carbocycles. The minimum Gasteiger partial charge on any atom is -0.369 e. The number of nitriles is 1. The summed E-state index contributed by atoms with van der Waals surface area (Å²) in [5.41, 5.74) is 6.78. The van der Waals surface area contributed by atoms with Crippen LogP contribution in [0.25, 0.3) is 0 Å². The Morgan fingerprint density at radius 3 is 2.77 bits per heavy atom. The van der Waals surface area contributed by atoms with E-state index in [4.69, 9.17) is 27.3 Å². The van der Waals surface area contributed by atoms with Crippen LogP contribution in [0.4, 0.5) is 5.69 Å². The maximum Gasteiger partial charge on any atom is 0.211 e. The number of ether oxygens (including phenoxy) is 1. The van der Waals surface area contributed by atoms with Gasteiger partial charge < -0.3 is 15.4 Å². The molecule has 0 amide bonds. The highest BCUT2D eigenvalue weighted by Gasteiger charge is 2.23. The van der Waals surface area contributed by atoms with Gasteiger partial charge >= 0.3 is 0 Å². The number of hydrogen-bond acceptors (Lipinski definition) is 4. The van der Waals surface area contributed by atoms with Gasteiger partial charge in [-0.25, -0.2) is 0 Å². The molecule has 1 aliphatic rings. The van der Waals surface area contributed by atoms with Gasteiger partial charge in [-0.2, -0.15) is 5.26 Å². The third-order valence-electron chi connectivity index (χ3n) is 4.02. The Hall–Kier alpha value is -2.36. The van der Waals surface area contributed by atoms with E-state index in [1.807, 2.05) is 41.3 Å². The standard InChI is InChI=1S/C19H24ClN5O/c20-19(10-4-3-5-11-19)26-15-7-2-1-6-14-25(18(22)24-16-21)17-8-12-23-13-9-17/h3-5,8-10,12-13H,1-2,6-7,11,14-15H2,(H2,22,24). The summed E-state index contributed by atoms with van der Waals surface area (Å²) in [6.07, 6.45) is 17.5. The van der Waals surface area contributed by atoms with Crippen molar-refractivity contribution < 1.29 is 4.74 Å². The lowest BCUT2D eigenvalue weighted by Crippen LogP contribution is -2.38. The Labute approximate surface area is 159 Å². The number of guanidine groups is 1. The number of pyridine rings is 1. The van der Waals surface area contributed by atoms with Gasteiger partial charge in [0.05, 0.1) is 0 Å². The summed E-state index contributed by atoms with van der Waals surface area (Å²) in [6.45, 7) is 1.32. The minimum atomic E-state index is -0.685. The molecule has 1 unspecified atom stereocenters. The van der Waals surface area contributed by atoms with Crippen LogP contribution in [0, 0.1) is 11.5 Å². The number of aromatic nitrogens is 1. The van der Waals surface area contributed by atoms with Crippen molar-refractivity contribution >= 4 is 23.2 Å². The molecule has 0 spiro atoms. The molecule has 138 valence electrons. The largest absolute Gasteiger partial charge is 0.369 e. The molecule has 1 aromatic rings. The van der Waals surface area contributed by atoms with Crippen molar-refractivity contribution in [3.05, 3.63) is 48.8 Å². The monoisotopic (exact) mass is 373 g/mol. The van der Waals surface area contributed by atoms with Crippen LogP contribution < -0.4 is 10.6 Å². The van der Waals surface area contributed by atoms with Crippen LogP contribution in [0.3, 0.4) is 0 Å². The first-order valence-electron chi connectivity index (χ1n) is 8.72. The molecular weight excluding hydrogens is 350 g/mol. The van der Waals surface area contributed by atoms with Crippen LogP contribution in [0.5, 0.6) is 0 Å². The summed E-state index contributed by atoms with van der Waals surface area (Å²) in [7, 11) is 0. The molecule has 0 aliphatic heterocycles. The number of nitrogens with zero attached hydrogens (tertiary/aromatic N) is 4. The number of aliphatic imine (C=N–C) groups is 1. The van der Waals surface area contributed by atoms with Gasteiger partial charge in [0.2, 0.25) is 12.2 Å². The van der Waals surface area contributed by atoms with Gasteiger partial charge in [0.1, 0.15) is 0 Å². The maximum atomic E-state index is 8.74. The molecule has 1 aromatic heterocycles. The van der Waals surface area contributed by atoms with E-state index in [0.717, 1.165) is 31.4 Å². The highest BCUT2D eigenvalue weighted by Crippen LogP contribution is 2.27. The molecule has 1 heterocycles. The average Bonchev–Trinajstić information content (AvgIpc) is 2.65. The molecule has 2 N–H and O–H groups in total. The molecule has 26 heavy (non-hydrogen) atoms. The van der Waals surface area contributed by atoms with Gasteiger partial charge in [0.15, 0.2) is 5.06 Å². The minimum absolute atomic E-state index is 0.197. The molecular formula is C19H24ClN5O. The van der Waals surface area contributed by atoms with Crippen molar-refractivity contribution in [2.45, 2.75) is 37.2 Å². The van der Waals surface area contributed by atoms with Gasteiger partial charge in [0.25, 0.3) is 0 Å². The van der Waals surface area contributed by atoms with E-state index in [2.05, 4.69) is 9.98 Å². The SMILES string of the molecule is N#CN=C(N)N(CCCCCCOC1(Cl)C=CC=CC1)c1ccncc1. The van der Waals surface area contributed by atoms with E-state index in [0.29, 0.717) is 19.6 Å². The van der Waals surface area contributed by atoms with Gasteiger partial charge in [0, 0.05) is 37.7 Å². The highest BCUT2D eigenvalue weighted by atomic mass is 35.5. The number of alkyl halides is 1. The molecule has 0 bridgehead atoms. The van der Waals surface area contributed by atoms with E-state index in [1.54, 1.807) is 18.6 Å². The summed E-state index contributed by atoms with van der Waals surface area (Å²) < 4.78 is 5.77. The summed E-state index contributed by atoms with van der Waals surface area (Å²) in [5, 5.41) is 8.05. The second-order valence-corrected chi connectivity index (χ2v) is 6.61. The van der Waals surface area contributed by atoms with E-state index >= 15 is 0 Å². The Morgan fingerprint density at radius 1 is 1.31 bits per heavy atom. The molecule has 0 radical (unpaired) electrons. The lowest BCUT2D eigenvalue weighted by atomic mass is 10.1. The van der Waals surface area contributed by atoms with Gasteiger partial charge in [-0.05, 0) is 31.1 Å². The number of nitrogens with two attached hydrogens (primary N) is 1. The Kier molecular flexibility index (Phi) is 8.13. The van der Waals surface area contributed by atoms with Gasteiger partial charge in [-0.15, -0.1) is 4.99 Å². The molecule has 0 saturated heterocycles. The van der Waals surface area contributed by atoms with Crippen molar-refractivity contribution in [1.82, 2.24) is 4.98 Å². The normalized spacial score (nSPS) is 19.3. The number of allylic oxidation sites excluding steroid dienone is 2. The van der Waals surface area contributed by atoms with Crippen molar-refractivity contribution in [3.8, 4) is 6.19 Å². The first-order chi connectivity index (χ1) is 12.6. The zero-order valence-corrected chi connectivity index (χ0v) is 15.5. The second-order valence-electron chi connectivity index (χ2n) is 5.97. The number of halogens is 1. The fourth-order valence-corrected chi connectivity index (χ4v) is 2.90. The van der Waals surface area contributed by atoms with Gasteiger partial charge in [-0.3, -0.25) is 4.98 Å². The van der Waals surface area contributed by atoms with Crippen LogP contribution in [0.2, 0.25) is 0 Å². The predicted octanol–water partition coefficient (Wildman–Crippen LogP) is 3.71. The molecule has 2 rings (SSSR count). The van der Waals surface area contributed by atoms with Crippen molar-refractivity contribution in [1.29, 1.82) is 5.26 Å². The van der Waals surface area contributed by atoms with E-state index < -0.39 is 5.06 Å². The average molecular weight is 374 g/mol. The number of hydrogen-bond donors (Lipinski definition) is 1. The van der Waals surface area contributed by atoms with Crippen LogP contribution in [0.1, 0.15) is 32.1 Å². The van der Waals surface area contributed by atoms with Crippen LogP contribution in [-0.4, -0.2) is 29.2 Å². The fourth-order valence-electron chi connectivity index (χ4n) is 2.66. The van der Waals surface area contributed by atoms with E-state index in [1.165, 1.54) is 0 Å². The van der Waals surface area contributed by atoms with Crippen LogP contribution in [0.15, 0.2) is 53.8 Å². The lowest BCUT2D eigenvalue weighted by Gasteiger charge is -2.24. The predicted molar refractivity (Wildman–Crippen MR) is 105 cm³/mol. The topological polar surface area (TPSA) is 87.5 Å². The van der Waals surface area contributed by atoms with Crippen LogP contribution >= 0.6 is 11.6 Å². The third kappa shape index (κ3) is 6.51. The van der Waals surface area contributed by atoms with Crippen molar-refractivity contribution in [3.63, 3.8) is 0 Å². The van der Waals surface area contributed by atoms with E-state index in [-0.39, 0.29) is 5.96 Å². The third-order valence-corrected chi connectivity index (χ3v) is 4.41. The molecule has 0 aromatic carbocycles. The quantitative estimate of drug-likeness (QED) is 0.234. The van der Waals surface area contributed by atoms with Crippen molar-refractivity contribution in [2.24, 2.45) is 10.7 Å². The Morgan fingerprint density at radius 2 is 2.08 bits per heavy atom. The molecule has 0 fully saturated rings. The van der Waals surface area contributed by atoms with Crippen molar-refractivity contribution in [2.75, 3.05) is 18.1 Å². The summed E-state index contributed by atoms with van der Waals surface area (Å²) in [5.74, 6) is 0.197. The maximum absolute atomic E-state index is 8.74. The highest BCUT2D eigenvalue weighted by molar-refractivity contribution is 6.24. The molecule has 7 heteroatoms. The zero-order chi connectivity index (χ0) is 18.7. The van der Waals surface area contributed by atoms with Gasteiger partial charge in [-0.1, -0.05) is 42.7 Å². The number of anilines is 1. The Bertz CT molecular complexity index is 683. The Balaban J connectivity index is 1.69.